The maximum absolute atomic E-state index is 11.1. The average Bonchev–Trinajstić information content (AvgIpc) is 2.30. The lowest BCUT2D eigenvalue weighted by Crippen LogP contribution is -2.42. The quantitative estimate of drug-likeness (QED) is 0.281. The fourth-order valence-corrected chi connectivity index (χ4v) is 2.82. The molecule has 0 aromatic carbocycles. The Hall–Kier alpha value is -0.628. The first kappa shape index (κ1) is 18.7. The molecule has 0 aliphatic heterocycles. The molecule has 0 amide bonds. The summed E-state index contributed by atoms with van der Waals surface area (Å²) in [5.41, 5.74) is 0.397. The van der Waals surface area contributed by atoms with Crippen molar-refractivity contribution in [2.24, 2.45) is 0 Å². The Kier molecular flexibility index (Phi) is 10.4. The standard InChI is InChI=1S/C10H20O5Si.B/c1-9(2)10(11)15-7-6-8-16(12-3,13-4)14-5;/h1,6-8H2,2-5H3;. The van der Waals surface area contributed by atoms with Gasteiger partial charge in [0.25, 0.3) is 0 Å². The molecule has 0 heterocycles. The molecule has 0 saturated carbocycles. The molecule has 0 aromatic rings. The summed E-state index contributed by atoms with van der Waals surface area (Å²) >= 11 is 0. The van der Waals surface area contributed by atoms with Crippen molar-refractivity contribution in [2.45, 2.75) is 19.4 Å². The third-order valence-corrected chi connectivity index (χ3v) is 4.97. The normalized spacial score (nSPS) is 10.6. The second kappa shape index (κ2) is 9.41. The molecule has 0 rings (SSSR count). The first-order chi connectivity index (χ1) is 7.51. The van der Waals surface area contributed by atoms with Gasteiger partial charge in [-0.3, -0.25) is 0 Å². The largest absolute Gasteiger partial charge is 0.500 e. The van der Waals surface area contributed by atoms with Crippen LogP contribution >= 0.6 is 0 Å². The molecule has 0 aromatic heterocycles. The Bertz CT molecular complexity index is 235. The van der Waals surface area contributed by atoms with Crippen LogP contribution in [-0.4, -0.2) is 51.1 Å². The van der Waals surface area contributed by atoms with Gasteiger partial charge in [-0.15, -0.1) is 0 Å². The van der Waals surface area contributed by atoms with Crippen molar-refractivity contribution >= 4 is 23.2 Å². The summed E-state index contributed by atoms with van der Waals surface area (Å²) in [5, 5.41) is 0. The van der Waals surface area contributed by atoms with E-state index in [0.29, 0.717) is 24.6 Å². The maximum Gasteiger partial charge on any atom is 0.500 e. The van der Waals surface area contributed by atoms with Crippen LogP contribution in [0.4, 0.5) is 0 Å². The highest BCUT2D eigenvalue weighted by Crippen LogP contribution is 2.14. The summed E-state index contributed by atoms with van der Waals surface area (Å²) in [6.07, 6.45) is 0.640. The van der Waals surface area contributed by atoms with Crippen molar-refractivity contribution < 1.29 is 22.8 Å². The van der Waals surface area contributed by atoms with Crippen molar-refractivity contribution in [3.05, 3.63) is 12.2 Å². The Morgan fingerprint density at radius 2 is 1.65 bits per heavy atom. The van der Waals surface area contributed by atoms with Gasteiger partial charge < -0.3 is 18.0 Å². The number of hydrogen-bond acceptors (Lipinski definition) is 5. The van der Waals surface area contributed by atoms with Crippen LogP contribution in [0.5, 0.6) is 0 Å². The van der Waals surface area contributed by atoms with E-state index in [1.54, 1.807) is 28.3 Å². The van der Waals surface area contributed by atoms with E-state index >= 15 is 0 Å². The summed E-state index contributed by atoms with van der Waals surface area (Å²) in [7, 11) is 2.13. The zero-order chi connectivity index (χ0) is 12.6. The van der Waals surface area contributed by atoms with Gasteiger partial charge in [0.1, 0.15) is 0 Å². The van der Waals surface area contributed by atoms with Crippen molar-refractivity contribution in [3.8, 4) is 0 Å². The van der Waals surface area contributed by atoms with E-state index in [0.717, 1.165) is 0 Å². The summed E-state index contributed by atoms with van der Waals surface area (Å²) in [6.45, 7) is 5.42. The SMILES string of the molecule is C=C(C)C(=O)OCCC[Si](OC)(OC)OC.[B]. The smallest absolute Gasteiger partial charge is 0.462 e. The van der Waals surface area contributed by atoms with Crippen molar-refractivity contribution in [2.75, 3.05) is 27.9 Å². The first-order valence-corrected chi connectivity index (χ1v) is 6.92. The molecule has 0 spiro atoms. The van der Waals surface area contributed by atoms with Gasteiger partial charge in [-0.2, -0.15) is 0 Å². The van der Waals surface area contributed by atoms with Crippen LogP contribution in [0.1, 0.15) is 13.3 Å². The van der Waals surface area contributed by atoms with E-state index in [-0.39, 0.29) is 14.4 Å². The summed E-state index contributed by atoms with van der Waals surface area (Å²) in [6, 6.07) is 0.611. The number of hydrogen-bond donors (Lipinski definition) is 0. The van der Waals surface area contributed by atoms with Gasteiger partial charge in [-0.1, -0.05) is 6.58 Å². The Morgan fingerprint density at radius 3 is 2.00 bits per heavy atom. The van der Waals surface area contributed by atoms with Gasteiger partial charge in [0.15, 0.2) is 0 Å². The van der Waals surface area contributed by atoms with Crippen LogP contribution in [0.15, 0.2) is 12.2 Å². The molecular weight excluding hydrogens is 239 g/mol. The van der Waals surface area contributed by atoms with E-state index in [2.05, 4.69) is 6.58 Å². The monoisotopic (exact) mass is 259 g/mol. The number of ether oxygens (including phenoxy) is 1. The predicted octanol–water partition coefficient (Wildman–Crippen LogP) is 0.993. The fraction of sp³-hybridized carbons (Fsp3) is 0.700. The van der Waals surface area contributed by atoms with Crippen molar-refractivity contribution in [1.29, 1.82) is 0 Å². The Balaban J connectivity index is 0. The molecular formula is C10H20BO5Si. The van der Waals surface area contributed by atoms with Gasteiger partial charge in [-0.05, 0) is 13.3 Å². The van der Waals surface area contributed by atoms with Gasteiger partial charge in [-0.25, -0.2) is 4.79 Å². The van der Waals surface area contributed by atoms with Crippen LogP contribution in [0.2, 0.25) is 6.04 Å². The summed E-state index contributed by atoms with van der Waals surface area (Å²) in [5.74, 6) is -0.375. The molecule has 97 valence electrons. The molecule has 7 heteroatoms. The number of rotatable bonds is 8. The Morgan fingerprint density at radius 1 is 1.18 bits per heavy atom. The third kappa shape index (κ3) is 6.62. The van der Waals surface area contributed by atoms with Crippen LogP contribution in [-0.2, 0) is 22.8 Å². The molecule has 3 radical (unpaired) electrons. The topological polar surface area (TPSA) is 54.0 Å². The molecule has 17 heavy (non-hydrogen) atoms. The molecule has 0 fully saturated rings. The molecule has 0 bridgehead atoms. The minimum Gasteiger partial charge on any atom is -0.462 e. The molecule has 0 N–H and O–H groups in total. The average molecular weight is 259 g/mol. The second-order valence-electron chi connectivity index (χ2n) is 3.32. The summed E-state index contributed by atoms with van der Waals surface area (Å²) < 4.78 is 20.6. The van der Waals surface area contributed by atoms with Crippen LogP contribution in [0, 0.1) is 0 Å². The van der Waals surface area contributed by atoms with Gasteiger partial charge in [0.2, 0.25) is 0 Å². The lowest BCUT2D eigenvalue weighted by molar-refractivity contribution is -0.139. The predicted molar refractivity (Wildman–Crippen MR) is 67.7 cm³/mol. The van der Waals surface area contributed by atoms with E-state index in [1.807, 2.05) is 0 Å². The van der Waals surface area contributed by atoms with Crippen molar-refractivity contribution in [3.63, 3.8) is 0 Å². The second-order valence-corrected chi connectivity index (χ2v) is 6.41. The zero-order valence-electron chi connectivity index (χ0n) is 10.9. The minimum absolute atomic E-state index is 0. The maximum atomic E-state index is 11.1. The third-order valence-electron chi connectivity index (χ3n) is 2.14. The highest BCUT2D eigenvalue weighted by atomic mass is 28.4. The summed E-state index contributed by atoms with van der Waals surface area (Å²) in [4.78, 5) is 11.1. The van der Waals surface area contributed by atoms with E-state index in [9.17, 15) is 4.79 Å². The molecule has 0 unspecified atom stereocenters. The fourth-order valence-electron chi connectivity index (χ4n) is 1.13. The van der Waals surface area contributed by atoms with Crippen LogP contribution in [0.3, 0.4) is 0 Å². The number of carbonyl (C=O) groups excluding carboxylic acids is 1. The lowest BCUT2D eigenvalue weighted by Gasteiger charge is -2.24. The molecule has 5 nitrogen and oxygen atoms in total. The molecule has 0 aliphatic rings. The number of esters is 1. The van der Waals surface area contributed by atoms with Crippen LogP contribution in [0.25, 0.3) is 0 Å². The Labute approximate surface area is 106 Å². The highest BCUT2D eigenvalue weighted by molar-refractivity contribution is 6.60. The van der Waals surface area contributed by atoms with Gasteiger partial charge >= 0.3 is 14.8 Å². The minimum atomic E-state index is -2.53. The van der Waals surface area contributed by atoms with Gasteiger partial charge in [0.05, 0.1) is 6.61 Å². The lowest BCUT2D eigenvalue weighted by atomic mass is 10.4. The highest BCUT2D eigenvalue weighted by Gasteiger charge is 2.36. The van der Waals surface area contributed by atoms with E-state index in [4.69, 9.17) is 18.0 Å². The molecule has 0 saturated heterocycles. The van der Waals surface area contributed by atoms with E-state index in [1.165, 1.54) is 0 Å². The number of carbonyl (C=O) groups is 1. The van der Waals surface area contributed by atoms with Crippen LogP contribution < -0.4 is 0 Å². The van der Waals surface area contributed by atoms with Gasteiger partial charge in [0, 0.05) is 41.4 Å². The van der Waals surface area contributed by atoms with E-state index < -0.39 is 8.80 Å². The molecule has 0 atom stereocenters. The van der Waals surface area contributed by atoms with Crippen molar-refractivity contribution in [1.82, 2.24) is 0 Å². The first-order valence-electron chi connectivity index (χ1n) is 4.99. The molecule has 0 aliphatic carbocycles. The zero-order valence-corrected chi connectivity index (χ0v) is 11.9.